The highest BCUT2D eigenvalue weighted by Gasteiger charge is 2.37. The lowest BCUT2D eigenvalue weighted by molar-refractivity contribution is 0.332. The molecule has 0 amide bonds. The van der Waals surface area contributed by atoms with Crippen LogP contribution in [0, 0.1) is 0 Å². The Labute approximate surface area is 147 Å². The van der Waals surface area contributed by atoms with E-state index in [0.717, 1.165) is 0 Å². The summed E-state index contributed by atoms with van der Waals surface area (Å²) in [5, 5.41) is 0. The number of hydrogen-bond acceptors (Lipinski definition) is 0. The van der Waals surface area contributed by atoms with E-state index in [1.807, 2.05) is 0 Å². The molecule has 0 atom stereocenters. The number of benzene rings is 2. The predicted octanol–water partition coefficient (Wildman–Crippen LogP) is 6.88. The Hall–Kier alpha value is -1.82. The van der Waals surface area contributed by atoms with Gasteiger partial charge in [-0.1, -0.05) is 81.8 Å². The maximum Gasteiger partial charge on any atom is -0.0100 e. The summed E-state index contributed by atoms with van der Waals surface area (Å²) in [6.45, 7) is 14.0. The maximum atomic E-state index is 2.46. The average molecular weight is 319 g/mol. The molecule has 0 bridgehead atoms. The van der Waals surface area contributed by atoms with Gasteiger partial charge in [0.25, 0.3) is 0 Å². The molecule has 126 valence electrons. The van der Waals surface area contributed by atoms with E-state index < -0.39 is 0 Å². The van der Waals surface area contributed by atoms with E-state index in [9.17, 15) is 0 Å². The molecular formula is C24H30. The fraction of sp³-hybridized carbons (Fsp3) is 0.417. The van der Waals surface area contributed by atoms with Crippen LogP contribution in [0.2, 0.25) is 0 Å². The van der Waals surface area contributed by atoms with Crippen molar-refractivity contribution >= 4 is 5.57 Å². The number of fused-ring (bicyclic) bond motifs is 1. The minimum Gasteiger partial charge on any atom is -0.0680 e. The summed E-state index contributed by atoms with van der Waals surface area (Å²) in [5.41, 5.74) is 9.00. The van der Waals surface area contributed by atoms with Crippen LogP contribution in [0.5, 0.6) is 0 Å². The fourth-order valence-corrected chi connectivity index (χ4v) is 4.09. The molecule has 0 unspecified atom stereocenters. The first-order chi connectivity index (χ1) is 11.2. The second-order valence-corrected chi connectivity index (χ2v) is 8.77. The van der Waals surface area contributed by atoms with Gasteiger partial charge in [0.05, 0.1) is 0 Å². The Morgan fingerprint density at radius 3 is 1.88 bits per heavy atom. The maximum absolute atomic E-state index is 2.46. The average Bonchev–Trinajstić information content (AvgIpc) is 2.53. The van der Waals surface area contributed by atoms with Crippen LogP contribution in [0.25, 0.3) is 5.57 Å². The standard InChI is InChI=1S/C24H30/c1-17(2)22(18-10-8-7-9-11-18)19-12-13-20-21(16-19)24(5,6)15-14-23(20,3)4/h7-13,16H,14-15H2,1-6H3. The van der Waals surface area contributed by atoms with E-state index in [-0.39, 0.29) is 10.8 Å². The molecule has 0 aromatic heterocycles. The third-order valence-electron chi connectivity index (χ3n) is 5.70. The number of rotatable bonds is 2. The molecular weight excluding hydrogens is 288 g/mol. The summed E-state index contributed by atoms with van der Waals surface area (Å²) in [5.74, 6) is 0. The summed E-state index contributed by atoms with van der Waals surface area (Å²) in [6.07, 6.45) is 2.52. The van der Waals surface area contributed by atoms with Crippen LogP contribution in [0.15, 0.2) is 54.1 Å². The van der Waals surface area contributed by atoms with Crippen LogP contribution in [0.3, 0.4) is 0 Å². The molecule has 0 aliphatic heterocycles. The van der Waals surface area contributed by atoms with Crippen LogP contribution in [-0.2, 0) is 10.8 Å². The first kappa shape index (κ1) is 17.0. The quantitative estimate of drug-likeness (QED) is 0.566. The predicted molar refractivity (Wildman–Crippen MR) is 106 cm³/mol. The van der Waals surface area contributed by atoms with E-state index in [4.69, 9.17) is 0 Å². The molecule has 0 heteroatoms. The third-order valence-corrected chi connectivity index (χ3v) is 5.70. The molecule has 0 saturated heterocycles. The topological polar surface area (TPSA) is 0 Å². The summed E-state index contributed by atoms with van der Waals surface area (Å²) < 4.78 is 0. The van der Waals surface area contributed by atoms with Crippen molar-refractivity contribution in [1.29, 1.82) is 0 Å². The van der Waals surface area contributed by atoms with Gasteiger partial charge in [0, 0.05) is 0 Å². The third kappa shape index (κ3) is 2.95. The zero-order valence-electron chi connectivity index (χ0n) is 16.0. The van der Waals surface area contributed by atoms with E-state index in [1.165, 1.54) is 46.2 Å². The highest BCUT2D eigenvalue weighted by Crippen LogP contribution is 2.46. The van der Waals surface area contributed by atoms with Crippen molar-refractivity contribution in [1.82, 2.24) is 0 Å². The van der Waals surface area contributed by atoms with Crippen LogP contribution < -0.4 is 0 Å². The smallest absolute Gasteiger partial charge is 0.0100 e. The van der Waals surface area contributed by atoms with E-state index in [1.54, 1.807) is 0 Å². The van der Waals surface area contributed by atoms with Gasteiger partial charge in [0.2, 0.25) is 0 Å². The second kappa shape index (κ2) is 5.92. The van der Waals surface area contributed by atoms with Crippen molar-refractivity contribution < 1.29 is 0 Å². The van der Waals surface area contributed by atoms with Crippen LogP contribution in [-0.4, -0.2) is 0 Å². The summed E-state index contributed by atoms with van der Waals surface area (Å²) in [6, 6.07) is 18.0. The highest BCUT2D eigenvalue weighted by atomic mass is 14.4. The van der Waals surface area contributed by atoms with Crippen LogP contribution >= 0.6 is 0 Å². The summed E-state index contributed by atoms with van der Waals surface area (Å²) in [7, 11) is 0. The highest BCUT2D eigenvalue weighted by molar-refractivity contribution is 5.82. The fourth-order valence-electron chi connectivity index (χ4n) is 4.09. The minimum atomic E-state index is 0.254. The van der Waals surface area contributed by atoms with Crippen molar-refractivity contribution in [3.8, 4) is 0 Å². The zero-order chi connectivity index (χ0) is 17.5. The van der Waals surface area contributed by atoms with Gasteiger partial charge in [0.1, 0.15) is 0 Å². The molecule has 0 saturated carbocycles. The normalized spacial score (nSPS) is 17.9. The van der Waals surface area contributed by atoms with E-state index in [0.29, 0.717) is 0 Å². The Morgan fingerprint density at radius 1 is 0.708 bits per heavy atom. The molecule has 1 aliphatic carbocycles. The molecule has 1 aliphatic rings. The van der Waals surface area contributed by atoms with Crippen LogP contribution in [0.1, 0.15) is 76.6 Å². The van der Waals surface area contributed by atoms with Crippen molar-refractivity contribution in [3.63, 3.8) is 0 Å². The molecule has 0 fully saturated rings. The molecule has 2 aromatic carbocycles. The van der Waals surface area contributed by atoms with Crippen molar-refractivity contribution in [3.05, 3.63) is 76.4 Å². The van der Waals surface area contributed by atoms with Gasteiger partial charge in [-0.3, -0.25) is 0 Å². The van der Waals surface area contributed by atoms with Crippen molar-refractivity contribution in [2.24, 2.45) is 0 Å². The van der Waals surface area contributed by atoms with Crippen LogP contribution in [0.4, 0.5) is 0 Å². The van der Waals surface area contributed by atoms with Gasteiger partial charge in [0.15, 0.2) is 0 Å². The van der Waals surface area contributed by atoms with Gasteiger partial charge in [-0.05, 0) is 65.3 Å². The molecule has 2 aromatic rings. The van der Waals surface area contributed by atoms with E-state index in [2.05, 4.69) is 90.1 Å². The molecule has 24 heavy (non-hydrogen) atoms. The van der Waals surface area contributed by atoms with Crippen molar-refractivity contribution in [2.75, 3.05) is 0 Å². The Morgan fingerprint density at radius 2 is 1.29 bits per heavy atom. The molecule has 0 heterocycles. The van der Waals surface area contributed by atoms with Gasteiger partial charge >= 0.3 is 0 Å². The van der Waals surface area contributed by atoms with Gasteiger partial charge in [-0.15, -0.1) is 0 Å². The summed E-state index contributed by atoms with van der Waals surface area (Å²) >= 11 is 0. The molecule has 0 radical (unpaired) electrons. The Kier molecular flexibility index (Phi) is 4.20. The lowest BCUT2D eigenvalue weighted by Crippen LogP contribution is -2.33. The number of allylic oxidation sites excluding steroid dienone is 1. The largest absolute Gasteiger partial charge is 0.0680 e. The number of hydrogen-bond donors (Lipinski definition) is 0. The second-order valence-electron chi connectivity index (χ2n) is 8.77. The Balaban J connectivity index is 2.19. The molecule has 0 N–H and O–H groups in total. The van der Waals surface area contributed by atoms with Gasteiger partial charge in [-0.25, -0.2) is 0 Å². The first-order valence-electron chi connectivity index (χ1n) is 9.11. The Bertz CT molecular complexity index is 769. The lowest BCUT2D eigenvalue weighted by atomic mass is 9.63. The lowest BCUT2D eigenvalue weighted by Gasteiger charge is -2.42. The molecule has 0 spiro atoms. The first-order valence-corrected chi connectivity index (χ1v) is 9.11. The SMILES string of the molecule is CC(C)=C(c1ccccc1)c1ccc2c(c1)C(C)(C)CCC2(C)C. The van der Waals surface area contributed by atoms with Crippen molar-refractivity contribution in [2.45, 2.75) is 65.2 Å². The van der Waals surface area contributed by atoms with Gasteiger partial charge < -0.3 is 0 Å². The minimum absolute atomic E-state index is 0.254. The molecule has 0 nitrogen and oxygen atoms in total. The van der Waals surface area contributed by atoms with Gasteiger partial charge in [-0.2, -0.15) is 0 Å². The molecule has 3 rings (SSSR count). The monoisotopic (exact) mass is 318 g/mol. The summed E-state index contributed by atoms with van der Waals surface area (Å²) in [4.78, 5) is 0. The van der Waals surface area contributed by atoms with E-state index >= 15 is 0 Å². The zero-order valence-corrected chi connectivity index (χ0v) is 16.0.